The van der Waals surface area contributed by atoms with Gasteiger partial charge in [0.2, 0.25) is 0 Å². The van der Waals surface area contributed by atoms with Gasteiger partial charge in [0, 0.05) is 5.02 Å². The van der Waals surface area contributed by atoms with E-state index in [-0.39, 0.29) is 5.97 Å². The summed E-state index contributed by atoms with van der Waals surface area (Å²) in [6.07, 6.45) is 0.315. The highest BCUT2D eigenvalue weighted by molar-refractivity contribution is 6.30. The zero-order chi connectivity index (χ0) is 13.8. The Morgan fingerprint density at radius 2 is 1.89 bits per heavy atom. The van der Waals surface area contributed by atoms with E-state index in [1.807, 2.05) is 57.1 Å². The van der Waals surface area contributed by atoms with Gasteiger partial charge in [0.05, 0.1) is 18.6 Å². The van der Waals surface area contributed by atoms with E-state index in [1.54, 1.807) is 0 Å². The maximum absolute atomic E-state index is 11.7. The van der Waals surface area contributed by atoms with Gasteiger partial charge in [0.1, 0.15) is 0 Å². The van der Waals surface area contributed by atoms with E-state index >= 15 is 0 Å². The van der Waals surface area contributed by atoms with Crippen LogP contribution in [0.1, 0.15) is 25.8 Å². The highest BCUT2D eigenvalue weighted by Gasteiger charge is 2.32. The van der Waals surface area contributed by atoms with E-state index < -0.39 is 5.54 Å². The van der Waals surface area contributed by atoms with E-state index in [1.165, 1.54) is 0 Å². The number of benzene rings is 1. The van der Waals surface area contributed by atoms with Crippen LogP contribution in [0.4, 0.5) is 0 Å². The van der Waals surface area contributed by atoms with Crippen molar-refractivity contribution in [1.82, 2.24) is 4.90 Å². The smallest absolute Gasteiger partial charge is 0.307 e. The van der Waals surface area contributed by atoms with E-state index in [9.17, 15) is 4.79 Å². The quantitative estimate of drug-likeness (QED) is 0.770. The average molecular weight is 270 g/mol. The Labute approximate surface area is 114 Å². The largest absolute Gasteiger partial charge is 0.466 e. The van der Waals surface area contributed by atoms with Crippen molar-refractivity contribution in [3.05, 3.63) is 34.9 Å². The summed E-state index contributed by atoms with van der Waals surface area (Å²) in [4.78, 5) is 13.7. The zero-order valence-corrected chi connectivity index (χ0v) is 12.1. The second kappa shape index (κ2) is 6.21. The average Bonchev–Trinajstić information content (AvgIpc) is 2.29. The highest BCUT2D eigenvalue weighted by atomic mass is 35.5. The number of nitrogens with zero attached hydrogens (tertiary/aromatic N) is 1. The topological polar surface area (TPSA) is 29.5 Å². The lowest BCUT2D eigenvalue weighted by Crippen LogP contribution is -2.40. The van der Waals surface area contributed by atoms with Crippen molar-refractivity contribution >= 4 is 17.6 Å². The molecule has 0 aliphatic carbocycles. The summed E-state index contributed by atoms with van der Waals surface area (Å²) < 4.78 is 5.04. The third-order valence-electron chi connectivity index (χ3n) is 3.25. The first kappa shape index (κ1) is 15.0. The Bertz CT molecular complexity index is 403. The number of ether oxygens (including phenoxy) is 1. The lowest BCUT2D eigenvalue weighted by atomic mass is 9.87. The first-order chi connectivity index (χ1) is 8.40. The standard InChI is InChI=1S/C14H20ClNO2/c1-5-18-13(17)10-14(2,16(3)4)11-6-8-12(15)9-7-11/h6-9H,5,10H2,1-4H3. The molecule has 0 saturated heterocycles. The van der Waals surface area contributed by atoms with Gasteiger partial charge in [0.25, 0.3) is 0 Å². The van der Waals surface area contributed by atoms with Gasteiger partial charge in [0.15, 0.2) is 0 Å². The Hall–Kier alpha value is -1.06. The van der Waals surface area contributed by atoms with Crippen molar-refractivity contribution < 1.29 is 9.53 Å². The predicted octanol–water partition coefficient (Wildman–Crippen LogP) is 3.07. The third kappa shape index (κ3) is 3.47. The molecule has 0 heterocycles. The molecule has 0 radical (unpaired) electrons. The Morgan fingerprint density at radius 1 is 1.33 bits per heavy atom. The van der Waals surface area contributed by atoms with Crippen molar-refractivity contribution in [1.29, 1.82) is 0 Å². The Balaban J connectivity index is 2.99. The fraction of sp³-hybridized carbons (Fsp3) is 0.500. The molecule has 18 heavy (non-hydrogen) atoms. The van der Waals surface area contributed by atoms with Gasteiger partial charge >= 0.3 is 5.97 Å². The van der Waals surface area contributed by atoms with Gasteiger partial charge in [-0.2, -0.15) is 0 Å². The molecule has 0 aliphatic rings. The number of halogens is 1. The summed E-state index contributed by atoms with van der Waals surface area (Å²) in [5.74, 6) is -0.191. The molecule has 0 saturated carbocycles. The van der Waals surface area contributed by atoms with Crippen LogP contribution in [0.15, 0.2) is 24.3 Å². The first-order valence-corrected chi connectivity index (χ1v) is 6.37. The molecular formula is C14H20ClNO2. The molecule has 3 nitrogen and oxygen atoms in total. The molecular weight excluding hydrogens is 250 g/mol. The minimum atomic E-state index is -0.392. The number of rotatable bonds is 5. The molecule has 0 amide bonds. The van der Waals surface area contributed by atoms with E-state index in [2.05, 4.69) is 0 Å². The van der Waals surface area contributed by atoms with Gasteiger partial charge in [-0.1, -0.05) is 23.7 Å². The lowest BCUT2D eigenvalue weighted by molar-refractivity contribution is -0.146. The lowest BCUT2D eigenvalue weighted by Gasteiger charge is -2.36. The summed E-state index contributed by atoms with van der Waals surface area (Å²) in [5.41, 5.74) is 0.654. The van der Waals surface area contributed by atoms with Gasteiger partial charge in [-0.15, -0.1) is 0 Å². The van der Waals surface area contributed by atoms with Gasteiger partial charge in [-0.05, 0) is 45.6 Å². The molecule has 1 aromatic carbocycles. The van der Waals surface area contributed by atoms with Crippen molar-refractivity contribution in [3.8, 4) is 0 Å². The molecule has 4 heteroatoms. The van der Waals surface area contributed by atoms with E-state index in [0.717, 1.165) is 5.56 Å². The van der Waals surface area contributed by atoms with E-state index in [0.29, 0.717) is 18.1 Å². The predicted molar refractivity (Wildman–Crippen MR) is 73.7 cm³/mol. The molecule has 0 spiro atoms. The molecule has 0 N–H and O–H groups in total. The zero-order valence-electron chi connectivity index (χ0n) is 11.4. The van der Waals surface area contributed by atoms with Crippen LogP contribution in [-0.4, -0.2) is 31.6 Å². The number of hydrogen-bond acceptors (Lipinski definition) is 3. The molecule has 100 valence electrons. The fourth-order valence-corrected chi connectivity index (χ4v) is 1.95. The third-order valence-corrected chi connectivity index (χ3v) is 3.50. The molecule has 0 aromatic heterocycles. The number of hydrogen-bond donors (Lipinski definition) is 0. The van der Waals surface area contributed by atoms with Gasteiger partial charge in [-0.25, -0.2) is 0 Å². The van der Waals surface area contributed by atoms with Crippen molar-refractivity contribution in [2.45, 2.75) is 25.8 Å². The van der Waals surface area contributed by atoms with Crippen LogP contribution >= 0.6 is 11.6 Å². The normalized spacial score (nSPS) is 14.3. The molecule has 0 bridgehead atoms. The van der Waals surface area contributed by atoms with Crippen LogP contribution in [0.2, 0.25) is 5.02 Å². The van der Waals surface area contributed by atoms with Gasteiger partial charge in [-0.3, -0.25) is 9.69 Å². The minimum Gasteiger partial charge on any atom is -0.466 e. The monoisotopic (exact) mass is 269 g/mol. The van der Waals surface area contributed by atoms with Gasteiger partial charge < -0.3 is 4.74 Å². The second-order valence-corrected chi connectivity index (χ2v) is 5.09. The summed E-state index contributed by atoms with van der Waals surface area (Å²) in [6, 6.07) is 7.57. The van der Waals surface area contributed by atoms with Crippen LogP contribution in [0, 0.1) is 0 Å². The Morgan fingerprint density at radius 3 is 2.33 bits per heavy atom. The second-order valence-electron chi connectivity index (χ2n) is 4.66. The van der Waals surface area contributed by atoms with Crippen LogP contribution in [0.25, 0.3) is 0 Å². The highest BCUT2D eigenvalue weighted by Crippen LogP contribution is 2.31. The number of carbonyl (C=O) groups is 1. The van der Waals surface area contributed by atoms with Crippen molar-refractivity contribution in [2.24, 2.45) is 0 Å². The van der Waals surface area contributed by atoms with Crippen molar-refractivity contribution in [3.63, 3.8) is 0 Å². The van der Waals surface area contributed by atoms with Crippen LogP contribution in [0.3, 0.4) is 0 Å². The number of esters is 1. The minimum absolute atomic E-state index is 0.191. The maximum atomic E-state index is 11.7. The SMILES string of the molecule is CCOC(=O)CC(C)(c1ccc(Cl)cc1)N(C)C. The summed E-state index contributed by atoms with van der Waals surface area (Å²) in [7, 11) is 3.90. The summed E-state index contributed by atoms with van der Waals surface area (Å²) >= 11 is 5.89. The molecule has 1 rings (SSSR count). The summed E-state index contributed by atoms with van der Waals surface area (Å²) in [6.45, 7) is 4.24. The first-order valence-electron chi connectivity index (χ1n) is 5.99. The molecule has 1 aromatic rings. The fourth-order valence-electron chi connectivity index (χ4n) is 1.82. The molecule has 0 aliphatic heterocycles. The van der Waals surface area contributed by atoms with E-state index in [4.69, 9.17) is 16.3 Å². The maximum Gasteiger partial charge on any atom is 0.307 e. The Kier molecular flexibility index (Phi) is 5.17. The van der Waals surface area contributed by atoms with Crippen LogP contribution in [-0.2, 0) is 15.1 Å². The number of carbonyl (C=O) groups excluding carboxylic acids is 1. The molecule has 1 unspecified atom stereocenters. The van der Waals surface area contributed by atoms with Crippen molar-refractivity contribution in [2.75, 3.05) is 20.7 Å². The van der Waals surface area contributed by atoms with Crippen LogP contribution in [0.5, 0.6) is 0 Å². The molecule has 0 fully saturated rings. The van der Waals surface area contributed by atoms with Crippen LogP contribution < -0.4 is 0 Å². The summed E-state index contributed by atoms with van der Waals surface area (Å²) in [5, 5.41) is 0.691. The molecule has 1 atom stereocenters.